The highest BCUT2D eigenvalue weighted by Crippen LogP contribution is 2.26. The Balaban J connectivity index is 2.42. The van der Waals surface area contributed by atoms with Crippen molar-refractivity contribution in [3.05, 3.63) is 0 Å². The molecule has 1 aliphatic rings. The quantitative estimate of drug-likeness (QED) is 0.735. The molecule has 2 N–H and O–H groups in total. The summed E-state index contributed by atoms with van der Waals surface area (Å²) < 4.78 is 0. The zero-order valence-corrected chi connectivity index (χ0v) is 13.0. The van der Waals surface area contributed by atoms with Gasteiger partial charge in [-0.2, -0.15) is 0 Å². The van der Waals surface area contributed by atoms with Crippen molar-refractivity contribution in [2.75, 3.05) is 13.1 Å². The molecule has 0 aromatic rings. The van der Waals surface area contributed by atoms with Crippen LogP contribution in [0.4, 0.5) is 0 Å². The average molecular weight is 268 g/mol. The molecule has 3 heteroatoms. The second-order valence-electron chi connectivity index (χ2n) is 6.24. The van der Waals surface area contributed by atoms with E-state index >= 15 is 0 Å². The highest BCUT2D eigenvalue weighted by molar-refractivity contribution is 5.76. The summed E-state index contributed by atoms with van der Waals surface area (Å²) in [6.45, 7) is 8.18. The average Bonchev–Trinajstić information content (AvgIpc) is 2.88. The summed E-state index contributed by atoms with van der Waals surface area (Å²) >= 11 is 0. The van der Waals surface area contributed by atoms with Gasteiger partial charge in [0.2, 0.25) is 5.91 Å². The molecule has 19 heavy (non-hydrogen) atoms. The third kappa shape index (κ3) is 5.13. The highest BCUT2D eigenvalue weighted by Gasteiger charge is 2.25. The molecule has 0 radical (unpaired) electrons. The van der Waals surface area contributed by atoms with E-state index in [0.717, 1.165) is 25.9 Å². The molecule has 0 aromatic carbocycles. The van der Waals surface area contributed by atoms with Crippen molar-refractivity contribution in [2.24, 2.45) is 17.6 Å². The van der Waals surface area contributed by atoms with Crippen LogP contribution in [0.25, 0.3) is 0 Å². The second-order valence-corrected chi connectivity index (χ2v) is 6.24. The summed E-state index contributed by atoms with van der Waals surface area (Å²) in [4.78, 5) is 14.5. The molecule has 0 heterocycles. The molecule has 1 atom stereocenters. The number of carbonyl (C=O) groups is 1. The lowest BCUT2D eigenvalue weighted by Crippen LogP contribution is -2.38. The van der Waals surface area contributed by atoms with Crippen molar-refractivity contribution in [3.8, 4) is 0 Å². The predicted octanol–water partition coefficient (Wildman–Crippen LogP) is 3.18. The van der Waals surface area contributed by atoms with Gasteiger partial charge in [-0.25, -0.2) is 0 Å². The van der Waals surface area contributed by atoms with E-state index in [1.807, 2.05) is 0 Å². The van der Waals surface area contributed by atoms with Gasteiger partial charge < -0.3 is 10.6 Å². The Kier molecular flexibility index (Phi) is 7.44. The molecule has 1 fully saturated rings. The van der Waals surface area contributed by atoms with E-state index in [0.29, 0.717) is 30.2 Å². The van der Waals surface area contributed by atoms with Crippen molar-refractivity contribution in [2.45, 2.75) is 71.8 Å². The van der Waals surface area contributed by atoms with Crippen LogP contribution in [0.15, 0.2) is 0 Å². The summed E-state index contributed by atoms with van der Waals surface area (Å²) in [5, 5.41) is 0. The first-order valence-corrected chi connectivity index (χ1v) is 8.09. The molecule has 1 saturated carbocycles. The third-order valence-corrected chi connectivity index (χ3v) is 4.64. The summed E-state index contributed by atoms with van der Waals surface area (Å²) in [7, 11) is 0. The maximum Gasteiger partial charge on any atom is 0.222 e. The van der Waals surface area contributed by atoms with Crippen molar-refractivity contribution in [1.29, 1.82) is 0 Å². The zero-order valence-electron chi connectivity index (χ0n) is 13.0. The van der Waals surface area contributed by atoms with Gasteiger partial charge in [0.05, 0.1) is 0 Å². The van der Waals surface area contributed by atoms with Crippen LogP contribution in [-0.4, -0.2) is 29.9 Å². The number of rotatable bonds is 8. The lowest BCUT2D eigenvalue weighted by Gasteiger charge is -2.29. The number of hydrogen-bond donors (Lipinski definition) is 1. The molecule has 1 amide bonds. The monoisotopic (exact) mass is 268 g/mol. The molecule has 1 rings (SSSR count). The van der Waals surface area contributed by atoms with Gasteiger partial charge >= 0.3 is 0 Å². The number of nitrogens with zero attached hydrogens (tertiary/aromatic N) is 1. The summed E-state index contributed by atoms with van der Waals surface area (Å²) in [6.07, 6.45) is 7.73. The molecule has 0 aromatic heterocycles. The predicted molar refractivity (Wildman–Crippen MR) is 80.9 cm³/mol. The lowest BCUT2D eigenvalue weighted by molar-refractivity contribution is -0.133. The van der Waals surface area contributed by atoms with Gasteiger partial charge in [-0.1, -0.05) is 26.7 Å². The molecule has 3 nitrogen and oxygen atoms in total. The number of nitrogens with two attached hydrogens (primary N) is 1. The summed E-state index contributed by atoms with van der Waals surface area (Å²) in [5.74, 6) is 1.58. The van der Waals surface area contributed by atoms with Crippen molar-refractivity contribution >= 4 is 5.91 Å². The Morgan fingerprint density at radius 2 is 1.89 bits per heavy atom. The number of carbonyl (C=O) groups excluding carboxylic acids is 1. The summed E-state index contributed by atoms with van der Waals surface area (Å²) in [5.41, 5.74) is 5.66. The van der Waals surface area contributed by atoms with Crippen molar-refractivity contribution < 1.29 is 4.79 Å². The minimum absolute atomic E-state index is 0.358. The number of hydrogen-bond acceptors (Lipinski definition) is 2. The van der Waals surface area contributed by atoms with Crippen LogP contribution in [0.2, 0.25) is 0 Å². The van der Waals surface area contributed by atoms with Gasteiger partial charge in [-0.3, -0.25) is 4.79 Å². The number of amides is 1. The van der Waals surface area contributed by atoms with Crippen LogP contribution in [-0.2, 0) is 4.79 Å². The molecule has 1 aliphatic carbocycles. The first kappa shape index (κ1) is 16.5. The Hall–Kier alpha value is -0.570. The summed E-state index contributed by atoms with van der Waals surface area (Å²) in [6, 6.07) is 0.518. The van der Waals surface area contributed by atoms with Gasteiger partial charge in [0.25, 0.3) is 0 Å². The van der Waals surface area contributed by atoms with Crippen LogP contribution < -0.4 is 5.73 Å². The molecule has 0 spiro atoms. The largest absolute Gasteiger partial charge is 0.340 e. The Morgan fingerprint density at radius 3 is 2.37 bits per heavy atom. The van der Waals surface area contributed by atoms with Gasteiger partial charge in [0.15, 0.2) is 0 Å². The SMILES string of the molecule is CCN(C(=O)CCC(CCN)C(C)C)C1CCCC1. The second kappa shape index (κ2) is 8.57. The van der Waals surface area contributed by atoms with Crippen LogP contribution in [0.3, 0.4) is 0 Å². The van der Waals surface area contributed by atoms with E-state index in [2.05, 4.69) is 25.7 Å². The standard InChI is InChI=1S/C16H32N2O/c1-4-18(15-7-5-6-8-15)16(19)10-9-14(11-12-17)13(2)3/h13-15H,4-12,17H2,1-3H3. The minimum atomic E-state index is 0.358. The highest BCUT2D eigenvalue weighted by atomic mass is 16.2. The van der Waals surface area contributed by atoms with E-state index in [1.54, 1.807) is 0 Å². The van der Waals surface area contributed by atoms with Crippen LogP contribution >= 0.6 is 0 Å². The molecule has 1 unspecified atom stereocenters. The van der Waals surface area contributed by atoms with Crippen LogP contribution in [0.1, 0.15) is 65.7 Å². The van der Waals surface area contributed by atoms with E-state index in [-0.39, 0.29) is 0 Å². The third-order valence-electron chi connectivity index (χ3n) is 4.64. The van der Waals surface area contributed by atoms with E-state index in [1.165, 1.54) is 25.7 Å². The maximum atomic E-state index is 12.4. The fraction of sp³-hybridized carbons (Fsp3) is 0.938. The first-order chi connectivity index (χ1) is 9.10. The normalized spacial score (nSPS) is 17.9. The van der Waals surface area contributed by atoms with Crippen molar-refractivity contribution in [1.82, 2.24) is 4.90 Å². The fourth-order valence-electron chi connectivity index (χ4n) is 3.33. The Bertz CT molecular complexity index is 259. The lowest BCUT2D eigenvalue weighted by atomic mass is 9.88. The topological polar surface area (TPSA) is 46.3 Å². The molecule has 0 bridgehead atoms. The Morgan fingerprint density at radius 1 is 1.26 bits per heavy atom. The maximum absolute atomic E-state index is 12.4. The molecule has 0 saturated heterocycles. The van der Waals surface area contributed by atoms with Crippen LogP contribution in [0.5, 0.6) is 0 Å². The molecular weight excluding hydrogens is 236 g/mol. The molecular formula is C16H32N2O. The minimum Gasteiger partial charge on any atom is -0.340 e. The van der Waals surface area contributed by atoms with E-state index in [9.17, 15) is 4.79 Å². The first-order valence-electron chi connectivity index (χ1n) is 8.09. The smallest absolute Gasteiger partial charge is 0.222 e. The zero-order chi connectivity index (χ0) is 14.3. The van der Waals surface area contributed by atoms with Gasteiger partial charge in [-0.15, -0.1) is 0 Å². The molecule has 0 aliphatic heterocycles. The van der Waals surface area contributed by atoms with Gasteiger partial charge in [0, 0.05) is 19.0 Å². The molecule has 112 valence electrons. The van der Waals surface area contributed by atoms with Gasteiger partial charge in [-0.05, 0) is 51.0 Å². The van der Waals surface area contributed by atoms with E-state index < -0.39 is 0 Å². The van der Waals surface area contributed by atoms with Crippen LogP contribution in [0, 0.1) is 11.8 Å². The van der Waals surface area contributed by atoms with E-state index in [4.69, 9.17) is 5.73 Å². The van der Waals surface area contributed by atoms with Crippen molar-refractivity contribution in [3.63, 3.8) is 0 Å². The Labute approximate surface area is 118 Å². The van der Waals surface area contributed by atoms with Gasteiger partial charge in [0.1, 0.15) is 0 Å². The fourth-order valence-corrected chi connectivity index (χ4v) is 3.33.